The standard InChI is InChI=1S/C15H21F2N/c1-11(2)10-18-9-5-4-6-13-8-7-12(3)14(16)15(13)17/h4,6-8,11,18H,5,9-10H2,1-3H3/b6-4+. The molecule has 0 saturated carbocycles. The van der Waals surface area contributed by atoms with E-state index in [9.17, 15) is 8.78 Å². The zero-order valence-corrected chi connectivity index (χ0v) is 11.3. The van der Waals surface area contributed by atoms with E-state index >= 15 is 0 Å². The summed E-state index contributed by atoms with van der Waals surface area (Å²) in [7, 11) is 0. The first-order chi connectivity index (χ1) is 8.52. The van der Waals surface area contributed by atoms with Gasteiger partial charge in [0.1, 0.15) is 0 Å². The highest BCUT2D eigenvalue weighted by molar-refractivity contribution is 5.50. The van der Waals surface area contributed by atoms with Gasteiger partial charge in [-0.25, -0.2) is 8.78 Å². The summed E-state index contributed by atoms with van der Waals surface area (Å²) in [5, 5.41) is 3.29. The molecule has 3 heteroatoms. The molecule has 0 radical (unpaired) electrons. The summed E-state index contributed by atoms with van der Waals surface area (Å²) in [4.78, 5) is 0. The molecule has 18 heavy (non-hydrogen) atoms. The van der Waals surface area contributed by atoms with Gasteiger partial charge in [0.15, 0.2) is 11.6 Å². The summed E-state index contributed by atoms with van der Waals surface area (Å²) in [6.45, 7) is 7.67. The maximum absolute atomic E-state index is 13.5. The SMILES string of the molecule is Cc1ccc(/C=C/CCNCC(C)C)c(F)c1F. The third kappa shape index (κ3) is 4.57. The van der Waals surface area contributed by atoms with Crippen LogP contribution in [0.5, 0.6) is 0 Å². The first-order valence-electron chi connectivity index (χ1n) is 6.34. The molecule has 1 nitrogen and oxygen atoms in total. The van der Waals surface area contributed by atoms with E-state index in [1.165, 1.54) is 0 Å². The summed E-state index contributed by atoms with van der Waals surface area (Å²) in [5.41, 5.74) is 0.644. The van der Waals surface area contributed by atoms with Gasteiger partial charge in [0.05, 0.1) is 0 Å². The van der Waals surface area contributed by atoms with E-state index in [4.69, 9.17) is 0 Å². The van der Waals surface area contributed by atoms with Gasteiger partial charge in [-0.2, -0.15) is 0 Å². The zero-order chi connectivity index (χ0) is 13.5. The number of hydrogen-bond acceptors (Lipinski definition) is 1. The van der Waals surface area contributed by atoms with Crippen LogP contribution in [0.15, 0.2) is 18.2 Å². The molecule has 0 atom stereocenters. The minimum absolute atomic E-state index is 0.307. The Balaban J connectivity index is 2.45. The fraction of sp³-hybridized carbons (Fsp3) is 0.467. The molecule has 0 amide bonds. The minimum atomic E-state index is -0.763. The molecule has 0 fully saturated rings. The van der Waals surface area contributed by atoms with E-state index in [1.807, 2.05) is 6.08 Å². The molecule has 0 unspecified atom stereocenters. The number of benzene rings is 1. The molecule has 1 N–H and O–H groups in total. The molecule has 0 heterocycles. The molecule has 1 aromatic carbocycles. The van der Waals surface area contributed by atoms with Gasteiger partial charge >= 0.3 is 0 Å². The topological polar surface area (TPSA) is 12.0 Å². The quantitative estimate of drug-likeness (QED) is 0.758. The Hall–Kier alpha value is -1.22. The molecular weight excluding hydrogens is 232 g/mol. The Morgan fingerprint density at radius 1 is 1.22 bits per heavy atom. The molecule has 1 rings (SSSR count). The van der Waals surface area contributed by atoms with Gasteiger partial charge < -0.3 is 5.32 Å². The monoisotopic (exact) mass is 253 g/mol. The lowest BCUT2D eigenvalue weighted by atomic mass is 10.1. The van der Waals surface area contributed by atoms with E-state index < -0.39 is 11.6 Å². The highest BCUT2D eigenvalue weighted by Gasteiger charge is 2.07. The highest BCUT2D eigenvalue weighted by Crippen LogP contribution is 2.16. The number of rotatable bonds is 6. The van der Waals surface area contributed by atoms with Crippen molar-refractivity contribution in [2.24, 2.45) is 5.92 Å². The molecule has 0 saturated heterocycles. The van der Waals surface area contributed by atoms with Gasteiger partial charge in [0.2, 0.25) is 0 Å². The van der Waals surface area contributed by atoms with Crippen molar-refractivity contribution in [3.8, 4) is 0 Å². The molecule has 0 bridgehead atoms. The van der Waals surface area contributed by atoms with Crippen LogP contribution in [-0.4, -0.2) is 13.1 Å². The van der Waals surface area contributed by atoms with E-state index in [0.717, 1.165) is 19.5 Å². The predicted molar refractivity (Wildman–Crippen MR) is 72.5 cm³/mol. The van der Waals surface area contributed by atoms with E-state index in [-0.39, 0.29) is 0 Å². The van der Waals surface area contributed by atoms with Crippen molar-refractivity contribution in [2.75, 3.05) is 13.1 Å². The second-order valence-electron chi connectivity index (χ2n) is 4.89. The molecule has 1 aromatic rings. The van der Waals surface area contributed by atoms with Gasteiger partial charge in [0.25, 0.3) is 0 Å². The van der Waals surface area contributed by atoms with Crippen molar-refractivity contribution in [2.45, 2.75) is 27.2 Å². The lowest BCUT2D eigenvalue weighted by molar-refractivity contribution is 0.501. The van der Waals surface area contributed by atoms with Crippen molar-refractivity contribution in [3.63, 3.8) is 0 Å². The van der Waals surface area contributed by atoms with Crippen LogP contribution in [0.2, 0.25) is 0 Å². The smallest absolute Gasteiger partial charge is 0.166 e. The maximum Gasteiger partial charge on any atom is 0.166 e. The zero-order valence-electron chi connectivity index (χ0n) is 11.3. The minimum Gasteiger partial charge on any atom is -0.316 e. The molecule has 0 aliphatic heterocycles. The average molecular weight is 253 g/mol. The van der Waals surface area contributed by atoms with Crippen molar-refractivity contribution >= 4 is 6.08 Å². The van der Waals surface area contributed by atoms with Crippen LogP contribution in [-0.2, 0) is 0 Å². The molecule has 0 spiro atoms. The summed E-state index contributed by atoms with van der Waals surface area (Å²) < 4.78 is 26.8. The Labute approximate surface area is 108 Å². The normalized spacial score (nSPS) is 11.7. The van der Waals surface area contributed by atoms with Crippen LogP contribution in [0, 0.1) is 24.5 Å². The molecule has 0 aromatic heterocycles. The van der Waals surface area contributed by atoms with Gasteiger partial charge in [0, 0.05) is 5.56 Å². The Kier molecular flexibility index (Phi) is 5.99. The Morgan fingerprint density at radius 3 is 2.61 bits per heavy atom. The van der Waals surface area contributed by atoms with Crippen LogP contribution in [0.3, 0.4) is 0 Å². The largest absolute Gasteiger partial charge is 0.316 e. The lowest BCUT2D eigenvalue weighted by Gasteiger charge is -2.05. The van der Waals surface area contributed by atoms with Crippen molar-refractivity contribution in [3.05, 3.63) is 41.0 Å². The first-order valence-corrected chi connectivity index (χ1v) is 6.34. The van der Waals surface area contributed by atoms with Crippen molar-refractivity contribution < 1.29 is 8.78 Å². The lowest BCUT2D eigenvalue weighted by Crippen LogP contribution is -2.20. The van der Waals surface area contributed by atoms with E-state index in [2.05, 4.69) is 19.2 Å². The highest BCUT2D eigenvalue weighted by atomic mass is 19.2. The summed E-state index contributed by atoms with van der Waals surface area (Å²) in [6.07, 6.45) is 4.30. The summed E-state index contributed by atoms with van der Waals surface area (Å²) >= 11 is 0. The van der Waals surface area contributed by atoms with Crippen molar-refractivity contribution in [1.29, 1.82) is 0 Å². The number of aryl methyl sites for hydroxylation is 1. The molecule has 100 valence electrons. The van der Waals surface area contributed by atoms with Crippen LogP contribution in [0.1, 0.15) is 31.4 Å². The summed E-state index contributed by atoms with van der Waals surface area (Å²) in [6, 6.07) is 3.20. The van der Waals surface area contributed by atoms with Gasteiger partial charge in [-0.3, -0.25) is 0 Å². The van der Waals surface area contributed by atoms with Gasteiger partial charge in [-0.05, 0) is 37.9 Å². The second-order valence-corrected chi connectivity index (χ2v) is 4.89. The maximum atomic E-state index is 13.5. The second kappa shape index (κ2) is 7.27. The fourth-order valence-corrected chi connectivity index (χ4v) is 1.58. The molecule has 0 aliphatic carbocycles. The van der Waals surface area contributed by atoms with E-state index in [1.54, 1.807) is 25.1 Å². The molecule has 0 aliphatic rings. The van der Waals surface area contributed by atoms with Crippen molar-refractivity contribution in [1.82, 2.24) is 5.32 Å². The fourth-order valence-electron chi connectivity index (χ4n) is 1.58. The third-order valence-electron chi connectivity index (χ3n) is 2.64. The van der Waals surface area contributed by atoms with Gasteiger partial charge in [-0.15, -0.1) is 0 Å². The number of halogens is 2. The average Bonchev–Trinajstić information content (AvgIpc) is 2.33. The van der Waals surface area contributed by atoms with E-state index in [0.29, 0.717) is 17.0 Å². The number of hydrogen-bond donors (Lipinski definition) is 1. The Morgan fingerprint density at radius 2 is 1.94 bits per heavy atom. The van der Waals surface area contributed by atoms with Gasteiger partial charge in [-0.1, -0.05) is 38.1 Å². The predicted octanol–water partition coefficient (Wildman–Crippen LogP) is 3.92. The molecular formula is C15H21F2N. The van der Waals surface area contributed by atoms with Crippen LogP contribution < -0.4 is 5.32 Å². The van der Waals surface area contributed by atoms with Crippen LogP contribution in [0.25, 0.3) is 6.08 Å². The first kappa shape index (κ1) is 14.8. The number of nitrogens with one attached hydrogen (secondary N) is 1. The summed E-state index contributed by atoms with van der Waals surface area (Å²) in [5.74, 6) is -0.894. The van der Waals surface area contributed by atoms with Crippen LogP contribution in [0.4, 0.5) is 8.78 Å². The van der Waals surface area contributed by atoms with Crippen LogP contribution >= 0.6 is 0 Å². The third-order valence-corrected chi connectivity index (χ3v) is 2.64. The Bertz CT molecular complexity index is 411.